The van der Waals surface area contributed by atoms with Gasteiger partial charge in [0, 0.05) is 39.0 Å². The van der Waals surface area contributed by atoms with E-state index in [2.05, 4.69) is 27.1 Å². The molecule has 29 heavy (non-hydrogen) atoms. The fourth-order valence-corrected chi connectivity index (χ4v) is 3.47. The molecule has 0 aromatic carbocycles. The first-order chi connectivity index (χ1) is 14.2. The molecule has 1 saturated heterocycles. The molecule has 0 spiro atoms. The number of hydrogen-bond acceptors (Lipinski definition) is 8. The van der Waals surface area contributed by atoms with Crippen LogP contribution in [-0.4, -0.2) is 76.1 Å². The third-order valence-electron chi connectivity index (χ3n) is 5.09. The number of nitrogens with zero attached hydrogens (tertiary/aromatic N) is 7. The number of hydrogen-bond donors (Lipinski definition) is 1. The lowest BCUT2D eigenvalue weighted by atomic mass is 10.3. The van der Waals surface area contributed by atoms with E-state index in [1.54, 1.807) is 6.20 Å². The van der Waals surface area contributed by atoms with E-state index in [0.717, 1.165) is 60.5 Å². The van der Waals surface area contributed by atoms with Gasteiger partial charge in [-0.15, -0.1) is 0 Å². The smallest absolute Gasteiger partial charge is 0.228 e. The molecule has 3 aromatic rings. The van der Waals surface area contributed by atoms with Gasteiger partial charge in [-0.1, -0.05) is 6.07 Å². The Kier molecular flexibility index (Phi) is 5.86. The van der Waals surface area contributed by atoms with Crippen LogP contribution in [0.4, 0.5) is 17.6 Å². The van der Waals surface area contributed by atoms with Crippen molar-refractivity contribution in [2.75, 3.05) is 56.7 Å². The third kappa shape index (κ3) is 4.30. The molecule has 1 aliphatic rings. The van der Waals surface area contributed by atoms with Crippen LogP contribution >= 0.6 is 0 Å². The number of ether oxygens (including phenoxy) is 1. The molecule has 0 saturated carbocycles. The number of anilines is 3. The lowest BCUT2D eigenvalue weighted by Gasteiger charge is -2.32. The zero-order chi connectivity index (χ0) is 20.2. The van der Waals surface area contributed by atoms with Gasteiger partial charge in [-0.25, -0.2) is 9.97 Å². The Labute approximate surface area is 170 Å². The molecule has 0 bridgehead atoms. The van der Waals surface area contributed by atoms with Crippen molar-refractivity contribution in [1.82, 2.24) is 29.6 Å². The Bertz CT molecular complexity index is 950. The molecule has 154 valence electrons. The molecule has 0 amide bonds. The molecule has 4 heterocycles. The van der Waals surface area contributed by atoms with Gasteiger partial charge in [-0.05, 0) is 33.0 Å². The third-order valence-corrected chi connectivity index (χ3v) is 5.09. The minimum absolute atomic E-state index is 0.593. The Morgan fingerprint density at radius 3 is 2.69 bits per heavy atom. The van der Waals surface area contributed by atoms with Crippen LogP contribution in [0.1, 0.15) is 12.6 Å². The van der Waals surface area contributed by atoms with Crippen LogP contribution in [0.2, 0.25) is 0 Å². The second kappa shape index (κ2) is 8.71. The molecular weight excluding hydrogens is 368 g/mol. The maximum atomic E-state index is 5.54. The van der Waals surface area contributed by atoms with Crippen molar-refractivity contribution in [2.45, 2.75) is 20.4 Å². The Morgan fingerprint density at radius 1 is 1.14 bits per heavy atom. The molecule has 3 aromatic heterocycles. The van der Waals surface area contributed by atoms with E-state index in [1.165, 1.54) is 0 Å². The molecule has 1 fully saturated rings. The first-order valence-electron chi connectivity index (χ1n) is 10.1. The van der Waals surface area contributed by atoms with E-state index in [1.807, 2.05) is 36.7 Å². The van der Waals surface area contributed by atoms with Crippen molar-refractivity contribution < 1.29 is 4.74 Å². The second-order valence-corrected chi connectivity index (χ2v) is 7.21. The first-order valence-corrected chi connectivity index (χ1v) is 10.1. The van der Waals surface area contributed by atoms with Crippen molar-refractivity contribution in [3.63, 3.8) is 0 Å². The molecule has 9 heteroatoms. The van der Waals surface area contributed by atoms with Crippen LogP contribution in [0.5, 0.6) is 0 Å². The molecule has 0 radical (unpaired) electrons. The fourth-order valence-electron chi connectivity index (χ4n) is 3.47. The van der Waals surface area contributed by atoms with Crippen LogP contribution < -0.4 is 10.2 Å². The average molecular weight is 396 g/mol. The van der Waals surface area contributed by atoms with E-state index < -0.39 is 0 Å². The van der Waals surface area contributed by atoms with Gasteiger partial charge in [0.15, 0.2) is 5.82 Å². The number of nitrogens with one attached hydrogen (secondary N) is 1. The number of aryl methyl sites for hydroxylation is 1. The highest BCUT2D eigenvalue weighted by molar-refractivity contribution is 5.90. The van der Waals surface area contributed by atoms with Crippen LogP contribution in [0.25, 0.3) is 11.0 Å². The zero-order valence-electron chi connectivity index (χ0n) is 17.3. The van der Waals surface area contributed by atoms with Crippen molar-refractivity contribution in [3.8, 4) is 0 Å². The van der Waals surface area contributed by atoms with Crippen LogP contribution in [0.3, 0.4) is 0 Å². The van der Waals surface area contributed by atoms with E-state index in [9.17, 15) is 0 Å². The predicted molar refractivity (Wildman–Crippen MR) is 114 cm³/mol. The molecule has 4 rings (SSSR count). The number of rotatable bonds is 7. The van der Waals surface area contributed by atoms with E-state index >= 15 is 0 Å². The van der Waals surface area contributed by atoms with Gasteiger partial charge in [0.25, 0.3) is 0 Å². The normalized spacial score (nSPS) is 15.2. The summed E-state index contributed by atoms with van der Waals surface area (Å²) in [6, 6.07) is 5.77. The highest BCUT2D eigenvalue weighted by Gasteiger charge is 2.22. The number of pyridine rings is 1. The number of aromatic nitrogens is 5. The Balaban J connectivity index is 1.76. The molecule has 9 nitrogen and oxygen atoms in total. The average Bonchev–Trinajstić information content (AvgIpc) is 3.05. The summed E-state index contributed by atoms with van der Waals surface area (Å²) in [7, 11) is 2.14. The van der Waals surface area contributed by atoms with Crippen molar-refractivity contribution in [1.29, 1.82) is 0 Å². The van der Waals surface area contributed by atoms with E-state index in [4.69, 9.17) is 19.8 Å². The molecule has 0 aliphatic carbocycles. The quantitative estimate of drug-likeness (QED) is 0.608. The maximum Gasteiger partial charge on any atom is 0.228 e. The molecule has 1 N–H and O–H groups in total. The van der Waals surface area contributed by atoms with Gasteiger partial charge in [0.1, 0.15) is 16.9 Å². The lowest BCUT2D eigenvalue weighted by Crippen LogP contribution is -2.45. The minimum Gasteiger partial charge on any atom is -0.380 e. The Hall–Kier alpha value is -2.78. The van der Waals surface area contributed by atoms with Crippen LogP contribution in [-0.2, 0) is 11.3 Å². The summed E-state index contributed by atoms with van der Waals surface area (Å²) < 4.78 is 7.47. The van der Waals surface area contributed by atoms with Crippen molar-refractivity contribution in [2.24, 2.45) is 0 Å². The fraction of sp³-hybridized carbons (Fsp3) is 0.500. The Morgan fingerprint density at radius 2 is 1.97 bits per heavy atom. The van der Waals surface area contributed by atoms with Gasteiger partial charge in [-0.2, -0.15) is 10.1 Å². The van der Waals surface area contributed by atoms with E-state index in [0.29, 0.717) is 19.8 Å². The molecule has 0 atom stereocenters. The van der Waals surface area contributed by atoms with Gasteiger partial charge in [0.2, 0.25) is 5.95 Å². The summed E-state index contributed by atoms with van der Waals surface area (Å²) in [6.07, 6.45) is 1.76. The molecule has 1 aliphatic heterocycles. The maximum absolute atomic E-state index is 5.54. The van der Waals surface area contributed by atoms with Gasteiger partial charge in [-0.3, -0.25) is 4.68 Å². The number of likely N-dealkylation sites (N-methyl/N-ethyl adjacent to an activating group) is 1. The van der Waals surface area contributed by atoms with Crippen molar-refractivity contribution >= 4 is 28.6 Å². The summed E-state index contributed by atoms with van der Waals surface area (Å²) >= 11 is 0. The highest BCUT2D eigenvalue weighted by Crippen LogP contribution is 2.28. The van der Waals surface area contributed by atoms with Crippen LogP contribution in [0, 0.1) is 6.92 Å². The van der Waals surface area contributed by atoms with Gasteiger partial charge >= 0.3 is 0 Å². The summed E-state index contributed by atoms with van der Waals surface area (Å²) in [5.41, 5.74) is 2.63. The summed E-state index contributed by atoms with van der Waals surface area (Å²) in [5.74, 6) is 2.20. The standard InChI is InChI=1S/C20H28N8O/c1-4-29-14-13-28-18-17(15(2)25-28)23-20(27-11-9-26(3)10-12-27)24-19(18)22-16-7-5-6-8-21-16/h5-8H,4,9-14H2,1-3H3,(H,21,22,23,24). The number of fused-ring (bicyclic) bond motifs is 1. The monoisotopic (exact) mass is 396 g/mol. The second-order valence-electron chi connectivity index (χ2n) is 7.21. The van der Waals surface area contributed by atoms with Gasteiger partial charge in [0.05, 0.1) is 18.8 Å². The lowest BCUT2D eigenvalue weighted by molar-refractivity contribution is 0.137. The van der Waals surface area contributed by atoms with Gasteiger partial charge < -0.3 is 19.9 Å². The first kappa shape index (κ1) is 19.5. The summed E-state index contributed by atoms with van der Waals surface area (Å²) in [4.78, 5) is 18.7. The van der Waals surface area contributed by atoms with Crippen molar-refractivity contribution in [3.05, 3.63) is 30.1 Å². The molecular formula is C20H28N8O. The number of piperazine rings is 1. The van der Waals surface area contributed by atoms with E-state index in [-0.39, 0.29) is 0 Å². The van der Waals surface area contributed by atoms with Crippen LogP contribution in [0.15, 0.2) is 24.4 Å². The minimum atomic E-state index is 0.593. The summed E-state index contributed by atoms with van der Waals surface area (Å²) in [5, 5.41) is 8.09. The largest absolute Gasteiger partial charge is 0.380 e. The summed E-state index contributed by atoms with van der Waals surface area (Å²) in [6.45, 7) is 9.71. The molecule has 0 unspecified atom stereocenters. The topological polar surface area (TPSA) is 84.2 Å². The predicted octanol–water partition coefficient (Wildman–Crippen LogP) is 2.06. The SMILES string of the molecule is CCOCCn1nc(C)c2nc(N3CCN(C)CC3)nc(Nc3ccccn3)c21. The highest BCUT2D eigenvalue weighted by atomic mass is 16.5. The zero-order valence-corrected chi connectivity index (χ0v) is 17.3.